The highest BCUT2D eigenvalue weighted by molar-refractivity contribution is 9.11. The Morgan fingerprint density at radius 1 is 1.13 bits per heavy atom. The van der Waals surface area contributed by atoms with Crippen LogP contribution in [0, 0.1) is 0 Å². The first-order valence-electron chi connectivity index (χ1n) is 9.54. The number of fused-ring (bicyclic) bond motifs is 1. The van der Waals surface area contributed by atoms with Crippen molar-refractivity contribution in [2.45, 2.75) is 13.5 Å². The molecule has 0 aliphatic rings. The Bertz CT molecular complexity index is 1230. The molecular weight excluding hydrogens is 568 g/mol. The fraction of sp³-hybridized carbons (Fsp3) is 0.227. The number of halogens is 3. The van der Waals surface area contributed by atoms with Gasteiger partial charge in [0, 0.05) is 15.9 Å². The van der Waals surface area contributed by atoms with E-state index in [2.05, 4.69) is 44.0 Å². The summed E-state index contributed by atoms with van der Waals surface area (Å²) in [4.78, 5) is 0. The van der Waals surface area contributed by atoms with Crippen LogP contribution in [0.3, 0.4) is 0 Å². The zero-order valence-corrected chi connectivity index (χ0v) is 21.6. The van der Waals surface area contributed by atoms with E-state index in [0.29, 0.717) is 35.7 Å². The summed E-state index contributed by atoms with van der Waals surface area (Å²) in [6.45, 7) is 3.45. The fourth-order valence-electron chi connectivity index (χ4n) is 3.24. The molecule has 0 unspecified atom stereocenters. The summed E-state index contributed by atoms with van der Waals surface area (Å²) in [6.07, 6.45) is 0. The highest BCUT2D eigenvalue weighted by Crippen LogP contribution is 2.42. The first-order chi connectivity index (χ1) is 15.0. The van der Waals surface area contributed by atoms with E-state index < -0.39 is 0 Å². The molecule has 2 aromatic carbocycles. The quantitative estimate of drug-likeness (QED) is 0.215. The van der Waals surface area contributed by atoms with Crippen LogP contribution in [0.25, 0.3) is 22.0 Å². The predicted octanol–water partition coefficient (Wildman–Crippen LogP) is 7.43. The van der Waals surface area contributed by atoms with E-state index in [1.165, 1.54) is 11.3 Å². The van der Waals surface area contributed by atoms with Crippen molar-refractivity contribution in [3.63, 3.8) is 0 Å². The van der Waals surface area contributed by atoms with Crippen LogP contribution in [0.4, 0.5) is 0 Å². The molecular formula is C22H19Br2ClN2O3S. The second-order valence-corrected chi connectivity index (χ2v) is 9.76. The maximum atomic E-state index is 6.22. The molecule has 0 radical (unpaired) electrons. The van der Waals surface area contributed by atoms with Gasteiger partial charge in [0.15, 0.2) is 5.75 Å². The normalized spacial score (nSPS) is 11.1. The standard InChI is InChI=1S/C22H19Br2ClN2O3S/c1-3-29-19-11-17(16-12-31-22(25)21(16)28-2)26-27(19)8-9-30-18-7-4-13-10-14(23)5-6-15(13)20(18)24/h4-7,10-12H,3,8-9H2,1-2H3. The Morgan fingerprint density at radius 2 is 1.97 bits per heavy atom. The SMILES string of the molecule is CCOc1cc(-c2csc(Cl)c2OC)nn1CCOc1ccc2cc(Br)ccc2c1Br. The van der Waals surface area contributed by atoms with E-state index >= 15 is 0 Å². The lowest BCUT2D eigenvalue weighted by Gasteiger charge is -2.12. The topological polar surface area (TPSA) is 45.5 Å². The van der Waals surface area contributed by atoms with Gasteiger partial charge in [-0.05, 0) is 51.8 Å². The molecule has 0 amide bonds. The predicted molar refractivity (Wildman–Crippen MR) is 133 cm³/mol. The van der Waals surface area contributed by atoms with E-state index in [0.717, 1.165) is 36.7 Å². The third-order valence-electron chi connectivity index (χ3n) is 4.66. The van der Waals surface area contributed by atoms with E-state index in [4.69, 9.17) is 30.9 Å². The summed E-state index contributed by atoms with van der Waals surface area (Å²) in [5.74, 6) is 2.08. The second-order valence-electron chi connectivity index (χ2n) is 6.57. The lowest BCUT2D eigenvalue weighted by atomic mass is 10.1. The molecule has 0 saturated heterocycles. The lowest BCUT2D eigenvalue weighted by molar-refractivity contribution is 0.259. The van der Waals surface area contributed by atoms with E-state index in [-0.39, 0.29) is 0 Å². The van der Waals surface area contributed by atoms with Gasteiger partial charge in [0.1, 0.15) is 22.4 Å². The molecule has 31 heavy (non-hydrogen) atoms. The average molecular weight is 587 g/mol. The molecule has 2 heterocycles. The van der Waals surface area contributed by atoms with E-state index in [1.54, 1.807) is 11.8 Å². The molecule has 0 N–H and O–H groups in total. The van der Waals surface area contributed by atoms with E-state index in [9.17, 15) is 0 Å². The van der Waals surface area contributed by atoms with Crippen LogP contribution in [0.1, 0.15) is 6.92 Å². The molecule has 0 aliphatic carbocycles. The maximum absolute atomic E-state index is 6.22. The van der Waals surface area contributed by atoms with Gasteiger partial charge in [-0.3, -0.25) is 0 Å². The number of thiophene rings is 1. The molecule has 0 saturated carbocycles. The molecule has 2 aromatic heterocycles. The van der Waals surface area contributed by atoms with Gasteiger partial charge in [-0.1, -0.05) is 39.7 Å². The fourth-order valence-corrected chi connectivity index (χ4v) is 5.29. The van der Waals surface area contributed by atoms with Crippen molar-refractivity contribution < 1.29 is 14.2 Å². The minimum absolute atomic E-state index is 0.434. The second kappa shape index (κ2) is 9.81. The van der Waals surface area contributed by atoms with Gasteiger partial charge >= 0.3 is 0 Å². The molecule has 5 nitrogen and oxygen atoms in total. The van der Waals surface area contributed by atoms with Crippen LogP contribution in [0.15, 0.2) is 50.7 Å². The zero-order valence-electron chi connectivity index (χ0n) is 16.8. The Kier molecular flexibility index (Phi) is 7.11. The van der Waals surface area contributed by atoms with Crippen molar-refractivity contribution in [1.82, 2.24) is 9.78 Å². The lowest BCUT2D eigenvalue weighted by Crippen LogP contribution is -2.11. The molecule has 0 spiro atoms. The number of hydrogen-bond donors (Lipinski definition) is 0. The summed E-state index contributed by atoms with van der Waals surface area (Å²) in [6, 6.07) is 12.1. The summed E-state index contributed by atoms with van der Waals surface area (Å²) >= 11 is 14.8. The first-order valence-corrected chi connectivity index (χ1v) is 12.4. The van der Waals surface area contributed by atoms with Gasteiger partial charge in [-0.2, -0.15) is 5.10 Å². The molecule has 0 bridgehead atoms. The van der Waals surface area contributed by atoms with Crippen molar-refractivity contribution in [3.8, 4) is 28.6 Å². The highest BCUT2D eigenvalue weighted by atomic mass is 79.9. The van der Waals surface area contributed by atoms with Gasteiger partial charge in [0.05, 0.1) is 30.3 Å². The number of rotatable bonds is 8. The van der Waals surface area contributed by atoms with Crippen LogP contribution in [-0.4, -0.2) is 30.1 Å². The minimum atomic E-state index is 0.434. The Morgan fingerprint density at radius 3 is 2.74 bits per heavy atom. The van der Waals surface area contributed by atoms with Crippen molar-refractivity contribution >= 4 is 65.6 Å². The van der Waals surface area contributed by atoms with Gasteiger partial charge in [0.2, 0.25) is 5.88 Å². The van der Waals surface area contributed by atoms with Crippen molar-refractivity contribution in [2.75, 3.05) is 20.3 Å². The summed E-state index contributed by atoms with van der Waals surface area (Å²) in [5.41, 5.74) is 1.60. The number of hydrogen-bond acceptors (Lipinski definition) is 5. The number of benzene rings is 2. The van der Waals surface area contributed by atoms with E-state index in [1.807, 2.05) is 36.6 Å². The zero-order chi connectivity index (χ0) is 22.0. The molecule has 0 aliphatic heterocycles. The highest BCUT2D eigenvalue weighted by Gasteiger charge is 2.18. The van der Waals surface area contributed by atoms with Gasteiger partial charge in [0.25, 0.3) is 0 Å². The molecule has 9 heteroatoms. The summed E-state index contributed by atoms with van der Waals surface area (Å²) in [7, 11) is 1.60. The molecule has 0 fully saturated rings. The van der Waals surface area contributed by atoms with Gasteiger partial charge in [-0.25, -0.2) is 4.68 Å². The Labute approximate surface area is 206 Å². The van der Waals surface area contributed by atoms with Crippen molar-refractivity contribution in [3.05, 3.63) is 55.1 Å². The van der Waals surface area contributed by atoms with Crippen LogP contribution in [0.5, 0.6) is 17.4 Å². The molecule has 4 rings (SSSR count). The Hall–Kier alpha value is -1.74. The van der Waals surface area contributed by atoms with Crippen LogP contribution in [-0.2, 0) is 6.54 Å². The maximum Gasteiger partial charge on any atom is 0.212 e. The molecule has 0 atom stereocenters. The van der Waals surface area contributed by atoms with Gasteiger partial charge in [-0.15, -0.1) is 11.3 Å². The minimum Gasteiger partial charge on any atom is -0.494 e. The first kappa shape index (κ1) is 22.5. The number of aromatic nitrogens is 2. The summed E-state index contributed by atoms with van der Waals surface area (Å²) in [5, 5.41) is 8.86. The third kappa shape index (κ3) is 4.72. The average Bonchev–Trinajstić information content (AvgIpc) is 3.32. The monoisotopic (exact) mass is 584 g/mol. The van der Waals surface area contributed by atoms with Crippen molar-refractivity contribution in [1.29, 1.82) is 0 Å². The third-order valence-corrected chi connectivity index (χ3v) is 7.16. The smallest absolute Gasteiger partial charge is 0.212 e. The van der Waals surface area contributed by atoms with Crippen molar-refractivity contribution in [2.24, 2.45) is 0 Å². The Balaban J connectivity index is 1.53. The van der Waals surface area contributed by atoms with Crippen LogP contribution >= 0.6 is 54.8 Å². The molecule has 4 aromatic rings. The number of nitrogens with zero attached hydrogens (tertiary/aromatic N) is 2. The number of methoxy groups -OCH3 is 1. The summed E-state index contributed by atoms with van der Waals surface area (Å²) < 4.78 is 21.6. The molecule has 162 valence electrons. The van der Waals surface area contributed by atoms with Crippen LogP contribution in [0.2, 0.25) is 4.34 Å². The number of ether oxygens (including phenoxy) is 3. The van der Waals surface area contributed by atoms with Gasteiger partial charge < -0.3 is 14.2 Å². The van der Waals surface area contributed by atoms with Crippen LogP contribution < -0.4 is 14.2 Å². The largest absolute Gasteiger partial charge is 0.494 e.